The molecule has 6 heteroatoms. The van der Waals surface area contributed by atoms with Crippen LogP contribution in [0.5, 0.6) is 0 Å². The molecule has 0 radical (unpaired) electrons. The number of benzene rings is 1. The van der Waals surface area contributed by atoms with Gasteiger partial charge in [-0.25, -0.2) is 0 Å². The van der Waals surface area contributed by atoms with Crippen molar-refractivity contribution in [2.75, 3.05) is 26.2 Å². The van der Waals surface area contributed by atoms with Crippen molar-refractivity contribution < 1.29 is 9.59 Å². The second kappa shape index (κ2) is 8.40. The summed E-state index contributed by atoms with van der Waals surface area (Å²) in [7, 11) is 0. The predicted octanol–water partition coefficient (Wildman–Crippen LogP) is 1.12. The lowest BCUT2D eigenvalue weighted by molar-refractivity contribution is -0.137. The maximum Gasteiger partial charge on any atom is 0.237 e. The fourth-order valence-electron chi connectivity index (χ4n) is 4.57. The summed E-state index contributed by atoms with van der Waals surface area (Å²) in [6, 6.07) is 10.6. The molecule has 1 aliphatic carbocycles. The quantitative estimate of drug-likeness (QED) is 0.834. The van der Waals surface area contributed by atoms with Crippen molar-refractivity contribution in [2.45, 2.75) is 56.8 Å². The smallest absolute Gasteiger partial charge is 0.237 e. The fourth-order valence-corrected chi connectivity index (χ4v) is 4.57. The minimum atomic E-state index is -0.376. The fraction of sp³-hybridized carbons (Fsp3) is 0.619. The summed E-state index contributed by atoms with van der Waals surface area (Å²) >= 11 is 0. The first-order valence-electron chi connectivity index (χ1n) is 10.3. The van der Waals surface area contributed by atoms with E-state index >= 15 is 0 Å². The van der Waals surface area contributed by atoms with Gasteiger partial charge in [0.15, 0.2) is 0 Å². The Labute approximate surface area is 161 Å². The molecule has 2 saturated heterocycles. The van der Waals surface area contributed by atoms with E-state index in [9.17, 15) is 9.59 Å². The molecular formula is C21H30N4O2. The highest BCUT2D eigenvalue weighted by atomic mass is 16.2. The van der Waals surface area contributed by atoms with Crippen LogP contribution in [0.15, 0.2) is 30.3 Å². The summed E-state index contributed by atoms with van der Waals surface area (Å²) in [5, 5.41) is 6.58. The third kappa shape index (κ3) is 4.50. The molecule has 1 aromatic rings. The van der Waals surface area contributed by atoms with Crippen LogP contribution in [-0.4, -0.2) is 65.9 Å². The molecule has 1 saturated carbocycles. The number of fused-ring (bicyclic) bond motifs is 1. The number of nitrogens with zero attached hydrogens (tertiary/aromatic N) is 2. The van der Waals surface area contributed by atoms with Gasteiger partial charge in [-0.3, -0.25) is 14.5 Å². The lowest BCUT2D eigenvalue weighted by Crippen LogP contribution is -2.65. The zero-order valence-corrected chi connectivity index (χ0v) is 15.9. The average molecular weight is 370 g/mol. The highest BCUT2D eigenvalue weighted by molar-refractivity contribution is 5.89. The van der Waals surface area contributed by atoms with E-state index in [0.717, 1.165) is 45.6 Å². The van der Waals surface area contributed by atoms with Crippen LogP contribution in [0.3, 0.4) is 0 Å². The average Bonchev–Trinajstić information content (AvgIpc) is 2.70. The monoisotopic (exact) mass is 370 g/mol. The molecule has 0 unspecified atom stereocenters. The van der Waals surface area contributed by atoms with Gasteiger partial charge < -0.3 is 15.5 Å². The molecule has 2 aliphatic heterocycles. The van der Waals surface area contributed by atoms with Crippen molar-refractivity contribution in [3.8, 4) is 0 Å². The molecule has 0 spiro atoms. The van der Waals surface area contributed by atoms with Crippen LogP contribution in [0.4, 0.5) is 0 Å². The largest absolute Gasteiger partial charge is 0.350 e. The molecule has 0 aromatic heterocycles. The minimum absolute atomic E-state index is 0.00536. The maximum atomic E-state index is 12.7. The lowest BCUT2D eigenvalue weighted by Gasteiger charge is -2.41. The van der Waals surface area contributed by atoms with Gasteiger partial charge in [-0.15, -0.1) is 0 Å². The second-order valence-electron chi connectivity index (χ2n) is 8.07. The van der Waals surface area contributed by atoms with Gasteiger partial charge in [0.05, 0.1) is 12.5 Å². The zero-order valence-electron chi connectivity index (χ0n) is 15.9. The van der Waals surface area contributed by atoms with Crippen molar-refractivity contribution in [2.24, 2.45) is 0 Å². The van der Waals surface area contributed by atoms with E-state index in [4.69, 9.17) is 0 Å². The van der Waals surface area contributed by atoms with Gasteiger partial charge in [-0.1, -0.05) is 43.2 Å². The van der Waals surface area contributed by atoms with E-state index < -0.39 is 0 Å². The molecule has 2 heterocycles. The van der Waals surface area contributed by atoms with Crippen molar-refractivity contribution in [3.05, 3.63) is 35.9 Å². The molecule has 3 aliphatic rings. The van der Waals surface area contributed by atoms with Crippen molar-refractivity contribution in [1.82, 2.24) is 20.4 Å². The molecule has 27 heavy (non-hydrogen) atoms. The van der Waals surface area contributed by atoms with Crippen LogP contribution < -0.4 is 10.6 Å². The molecule has 3 fully saturated rings. The van der Waals surface area contributed by atoms with Crippen LogP contribution in [0, 0.1) is 0 Å². The summed E-state index contributed by atoms with van der Waals surface area (Å²) in [5.41, 5.74) is 1.31. The molecule has 3 atom stereocenters. The van der Waals surface area contributed by atoms with Crippen LogP contribution in [0.25, 0.3) is 0 Å². The Morgan fingerprint density at radius 2 is 1.70 bits per heavy atom. The Balaban J connectivity index is 1.25. The Bertz CT molecular complexity index is 657. The van der Waals surface area contributed by atoms with E-state index in [2.05, 4.69) is 39.8 Å². The summed E-state index contributed by atoms with van der Waals surface area (Å²) < 4.78 is 0. The van der Waals surface area contributed by atoms with E-state index in [0.29, 0.717) is 6.04 Å². The normalized spacial score (nSPS) is 29.1. The van der Waals surface area contributed by atoms with Gasteiger partial charge in [0.1, 0.15) is 0 Å². The first kappa shape index (κ1) is 18.4. The molecular weight excluding hydrogens is 340 g/mol. The van der Waals surface area contributed by atoms with Crippen molar-refractivity contribution in [3.63, 3.8) is 0 Å². The van der Waals surface area contributed by atoms with Crippen molar-refractivity contribution in [1.29, 1.82) is 0 Å². The molecule has 146 valence electrons. The molecule has 6 nitrogen and oxygen atoms in total. The molecule has 0 bridgehead atoms. The van der Waals surface area contributed by atoms with Crippen LogP contribution in [-0.2, 0) is 16.1 Å². The standard InChI is InChI=1S/C21H30N4O2/c26-20(14-19-21(27)23-18-9-5-4-8-17(18)22-19)25-12-10-24(11-13-25)15-16-6-2-1-3-7-16/h1-3,6-7,17-19,22H,4-5,8-15H2,(H,23,27)/t17-,18-,19+/m0/s1. The van der Waals surface area contributed by atoms with Gasteiger partial charge in [0.2, 0.25) is 11.8 Å². The van der Waals surface area contributed by atoms with E-state index in [-0.39, 0.29) is 30.3 Å². The van der Waals surface area contributed by atoms with Crippen molar-refractivity contribution >= 4 is 11.8 Å². The van der Waals surface area contributed by atoms with E-state index in [1.807, 2.05) is 11.0 Å². The lowest BCUT2D eigenvalue weighted by atomic mass is 9.87. The Morgan fingerprint density at radius 3 is 2.44 bits per heavy atom. The number of carbonyl (C=O) groups excluding carboxylic acids is 2. The first-order valence-corrected chi connectivity index (χ1v) is 10.3. The van der Waals surface area contributed by atoms with Gasteiger partial charge in [0, 0.05) is 44.8 Å². The van der Waals surface area contributed by atoms with Crippen LogP contribution in [0.2, 0.25) is 0 Å². The Hall–Kier alpha value is -1.92. The topological polar surface area (TPSA) is 64.7 Å². The number of hydrogen-bond donors (Lipinski definition) is 2. The van der Waals surface area contributed by atoms with E-state index in [1.54, 1.807) is 0 Å². The van der Waals surface area contributed by atoms with Gasteiger partial charge in [-0.05, 0) is 18.4 Å². The summed E-state index contributed by atoms with van der Waals surface area (Å²) in [5.74, 6) is 0.0884. The molecule has 1 aromatic carbocycles. The van der Waals surface area contributed by atoms with Crippen LogP contribution in [0.1, 0.15) is 37.7 Å². The zero-order chi connectivity index (χ0) is 18.6. The molecule has 2 N–H and O–H groups in total. The number of rotatable bonds is 4. The third-order valence-electron chi connectivity index (χ3n) is 6.18. The summed E-state index contributed by atoms with van der Waals surface area (Å²) in [6.45, 7) is 4.18. The summed E-state index contributed by atoms with van der Waals surface area (Å²) in [6.07, 6.45) is 4.79. The highest BCUT2D eigenvalue weighted by Gasteiger charge is 2.37. The summed E-state index contributed by atoms with van der Waals surface area (Å²) in [4.78, 5) is 29.4. The maximum absolute atomic E-state index is 12.7. The van der Waals surface area contributed by atoms with E-state index in [1.165, 1.54) is 18.4 Å². The number of amides is 2. The second-order valence-corrected chi connectivity index (χ2v) is 8.07. The Kier molecular flexibility index (Phi) is 5.74. The third-order valence-corrected chi connectivity index (χ3v) is 6.18. The van der Waals surface area contributed by atoms with Gasteiger partial charge >= 0.3 is 0 Å². The SMILES string of the molecule is O=C1N[C@H]2CCCC[C@@H]2N[C@@H]1CC(=O)N1CCN(Cc2ccccc2)CC1. The number of nitrogens with one attached hydrogen (secondary N) is 2. The molecule has 4 rings (SSSR count). The predicted molar refractivity (Wildman–Crippen MR) is 104 cm³/mol. The Morgan fingerprint density at radius 1 is 1.00 bits per heavy atom. The minimum Gasteiger partial charge on any atom is -0.350 e. The van der Waals surface area contributed by atoms with Gasteiger partial charge in [0.25, 0.3) is 0 Å². The first-order chi connectivity index (χ1) is 13.2. The van der Waals surface area contributed by atoms with Crippen LogP contribution >= 0.6 is 0 Å². The highest BCUT2D eigenvalue weighted by Crippen LogP contribution is 2.22. The number of carbonyl (C=O) groups is 2. The molecule has 2 amide bonds. The van der Waals surface area contributed by atoms with Gasteiger partial charge in [-0.2, -0.15) is 0 Å². The number of piperazine rings is 2. The number of hydrogen-bond acceptors (Lipinski definition) is 4.